The molecular formula is C9H9NO5S. The number of carbonyl (C=O) groups excluding carboxylic acids is 1. The van der Waals surface area contributed by atoms with Gasteiger partial charge in [-0.3, -0.25) is 14.9 Å². The molecule has 0 spiro atoms. The Hall–Kier alpha value is -1.60. The van der Waals surface area contributed by atoms with Crippen molar-refractivity contribution in [2.45, 2.75) is 12.7 Å². The summed E-state index contributed by atoms with van der Waals surface area (Å²) in [6, 6.07) is 3.87. The third-order valence-electron chi connectivity index (χ3n) is 1.93. The second-order valence-corrected chi connectivity index (χ2v) is 4.06. The number of ketones is 1. The zero-order valence-electron chi connectivity index (χ0n) is 8.37. The molecule has 0 aliphatic rings. The summed E-state index contributed by atoms with van der Waals surface area (Å²) < 4.78 is 19.2. The van der Waals surface area contributed by atoms with Gasteiger partial charge in [-0.1, -0.05) is 6.07 Å². The van der Waals surface area contributed by atoms with Gasteiger partial charge in [0.05, 0.1) is 16.2 Å². The molecule has 0 saturated heterocycles. The monoisotopic (exact) mass is 243 g/mol. The summed E-state index contributed by atoms with van der Waals surface area (Å²) in [5.41, 5.74) is 0.00505. The highest BCUT2D eigenvalue weighted by Crippen LogP contribution is 2.21. The summed E-state index contributed by atoms with van der Waals surface area (Å²) in [6.07, 6.45) is 0. The molecule has 16 heavy (non-hydrogen) atoms. The van der Waals surface area contributed by atoms with Crippen LogP contribution in [0.15, 0.2) is 18.2 Å². The average molecular weight is 243 g/mol. The van der Waals surface area contributed by atoms with Gasteiger partial charge in [0.2, 0.25) is 0 Å². The Bertz CT molecular complexity index is 471. The first kappa shape index (κ1) is 12.5. The molecule has 1 rings (SSSR count). The fourth-order valence-electron chi connectivity index (χ4n) is 1.26. The molecule has 6 nitrogen and oxygen atoms in total. The number of nitrogens with zero attached hydrogens (tertiary/aromatic N) is 1. The number of benzene rings is 1. The van der Waals surface area contributed by atoms with Crippen LogP contribution >= 0.6 is 0 Å². The van der Waals surface area contributed by atoms with Crippen molar-refractivity contribution in [3.8, 4) is 0 Å². The topological polar surface area (TPSA) is 97.5 Å². The summed E-state index contributed by atoms with van der Waals surface area (Å²) in [4.78, 5) is 21.1. The van der Waals surface area contributed by atoms with E-state index in [-0.39, 0.29) is 17.0 Å². The molecular weight excluding hydrogens is 234 g/mol. The van der Waals surface area contributed by atoms with Crippen molar-refractivity contribution in [2.24, 2.45) is 0 Å². The number of hydrogen-bond donors (Lipinski definition) is 1. The van der Waals surface area contributed by atoms with Gasteiger partial charge in [-0.25, -0.2) is 4.21 Å². The summed E-state index contributed by atoms with van der Waals surface area (Å²) in [5.74, 6) is -0.609. The molecule has 0 aliphatic heterocycles. The Morgan fingerprint density at radius 3 is 2.62 bits per heavy atom. The molecule has 0 saturated carbocycles. The summed E-state index contributed by atoms with van der Waals surface area (Å²) in [5, 5.41) is 10.7. The van der Waals surface area contributed by atoms with Gasteiger partial charge in [0.25, 0.3) is 5.69 Å². The minimum atomic E-state index is -2.06. The molecule has 1 aromatic rings. The molecule has 1 aromatic carbocycles. The van der Waals surface area contributed by atoms with Gasteiger partial charge >= 0.3 is 0 Å². The molecule has 0 heterocycles. The van der Waals surface area contributed by atoms with Crippen molar-refractivity contribution < 1.29 is 18.5 Å². The van der Waals surface area contributed by atoms with E-state index >= 15 is 0 Å². The first-order valence-electron chi connectivity index (χ1n) is 4.27. The van der Waals surface area contributed by atoms with Gasteiger partial charge in [0.1, 0.15) is 0 Å². The number of rotatable bonds is 4. The van der Waals surface area contributed by atoms with Gasteiger partial charge in [0, 0.05) is 6.07 Å². The highest BCUT2D eigenvalue weighted by atomic mass is 32.2. The van der Waals surface area contributed by atoms with Crippen LogP contribution in [0.4, 0.5) is 5.69 Å². The van der Waals surface area contributed by atoms with E-state index in [1.807, 2.05) is 0 Å². The van der Waals surface area contributed by atoms with Crippen LogP contribution in [-0.2, 0) is 16.8 Å². The Labute approximate surface area is 93.7 Å². The zero-order valence-corrected chi connectivity index (χ0v) is 9.19. The molecule has 0 bridgehead atoms. The number of hydrogen-bond acceptors (Lipinski definition) is 4. The van der Waals surface area contributed by atoms with Crippen LogP contribution < -0.4 is 0 Å². The third-order valence-corrected chi connectivity index (χ3v) is 2.51. The maximum absolute atomic E-state index is 11.1. The first-order valence-corrected chi connectivity index (χ1v) is 5.55. The van der Waals surface area contributed by atoms with Crippen LogP contribution in [0.1, 0.15) is 22.8 Å². The third kappa shape index (κ3) is 2.94. The molecule has 1 N–H and O–H groups in total. The van der Waals surface area contributed by atoms with Crippen LogP contribution in [0.25, 0.3) is 0 Å². The van der Waals surface area contributed by atoms with Gasteiger partial charge < -0.3 is 4.55 Å². The van der Waals surface area contributed by atoms with Crippen LogP contribution in [0, 0.1) is 10.1 Å². The molecule has 1 unspecified atom stereocenters. The van der Waals surface area contributed by atoms with Gasteiger partial charge in [0.15, 0.2) is 16.9 Å². The second-order valence-electron chi connectivity index (χ2n) is 3.13. The number of carbonyl (C=O) groups is 1. The first-order chi connectivity index (χ1) is 7.41. The van der Waals surface area contributed by atoms with E-state index < -0.39 is 21.8 Å². The van der Waals surface area contributed by atoms with Gasteiger partial charge in [-0.2, -0.15) is 0 Å². The van der Waals surface area contributed by atoms with E-state index in [2.05, 4.69) is 0 Å². The summed E-state index contributed by atoms with van der Waals surface area (Å²) in [7, 11) is 0. The molecule has 7 heteroatoms. The molecule has 0 aromatic heterocycles. The van der Waals surface area contributed by atoms with E-state index in [0.717, 1.165) is 6.07 Å². The lowest BCUT2D eigenvalue weighted by molar-refractivity contribution is -0.385. The van der Waals surface area contributed by atoms with E-state index in [1.54, 1.807) is 0 Å². The Balaban J connectivity index is 3.22. The standard InChI is InChI=1S/C9H9NO5S/c1-6(11)8-3-2-7(5-16(14)15)4-9(8)10(12)13/h2-4H,5H2,1H3,(H,14,15). The predicted octanol–water partition coefficient (Wildman–Crippen LogP) is 1.52. The Morgan fingerprint density at radius 1 is 1.56 bits per heavy atom. The van der Waals surface area contributed by atoms with E-state index in [4.69, 9.17) is 4.55 Å². The average Bonchev–Trinajstić information content (AvgIpc) is 2.16. The predicted molar refractivity (Wildman–Crippen MR) is 57.6 cm³/mol. The van der Waals surface area contributed by atoms with Crippen molar-refractivity contribution in [2.75, 3.05) is 0 Å². The Kier molecular flexibility index (Phi) is 3.86. The smallest absolute Gasteiger partial charge is 0.280 e. The summed E-state index contributed by atoms with van der Waals surface area (Å²) >= 11 is -2.06. The maximum Gasteiger partial charge on any atom is 0.280 e. The normalized spacial score (nSPS) is 12.1. The van der Waals surface area contributed by atoms with Crippen LogP contribution in [0.5, 0.6) is 0 Å². The highest BCUT2D eigenvalue weighted by molar-refractivity contribution is 7.78. The lowest BCUT2D eigenvalue weighted by atomic mass is 10.1. The lowest BCUT2D eigenvalue weighted by Crippen LogP contribution is -2.02. The molecule has 0 amide bonds. The SMILES string of the molecule is CC(=O)c1ccc(CS(=O)O)cc1[N+](=O)[O-]. The molecule has 86 valence electrons. The van der Waals surface area contributed by atoms with Gasteiger partial charge in [-0.05, 0) is 18.6 Å². The fourth-order valence-corrected chi connectivity index (χ4v) is 1.72. The zero-order chi connectivity index (χ0) is 12.3. The highest BCUT2D eigenvalue weighted by Gasteiger charge is 2.18. The van der Waals surface area contributed by atoms with Crippen LogP contribution in [0.3, 0.4) is 0 Å². The number of nitro groups is 1. The molecule has 0 aliphatic carbocycles. The van der Waals surface area contributed by atoms with E-state index in [0.29, 0.717) is 5.56 Å². The second kappa shape index (κ2) is 4.95. The van der Waals surface area contributed by atoms with Crippen molar-refractivity contribution in [1.82, 2.24) is 0 Å². The van der Waals surface area contributed by atoms with Crippen LogP contribution in [-0.4, -0.2) is 19.5 Å². The minimum Gasteiger partial charge on any atom is -0.306 e. The molecule has 1 atom stereocenters. The van der Waals surface area contributed by atoms with Crippen molar-refractivity contribution in [3.63, 3.8) is 0 Å². The van der Waals surface area contributed by atoms with Crippen molar-refractivity contribution in [1.29, 1.82) is 0 Å². The summed E-state index contributed by atoms with van der Waals surface area (Å²) in [6.45, 7) is 1.23. The lowest BCUT2D eigenvalue weighted by Gasteiger charge is -2.01. The van der Waals surface area contributed by atoms with E-state index in [1.165, 1.54) is 19.1 Å². The molecule has 0 radical (unpaired) electrons. The Morgan fingerprint density at radius 2 is 2.19 bits per heavy atom. The largest absolute Gasteiger partial charge is 0.306 e. The number of Topliss-reactive ketones (excluding diaryl/α,β-unsaturated/α-hetero) is 1. The maximum atomic E-state index is 11.1. The molecule has 0 fully saturated rings. The quantitative estimate of drug-likeness (QED) is 0.374. The number of nitro benzene ring substituents is 1. The fraction of sp³-hybridized carbons (Fsp3) is 0.222. The van der Waals surface area contributed by atoms with Crippen molar-refractivity contribution >= 4 is 22.6 Å². The minimum absolute atomic E-state index is 0.00234. The van der Waals surface area contributed by atoms with E-state index in [9.17, 15) is 19.1 Å². The van der Waals surface area contributed by atoms with Crippen molar-refractivity contribution in [3.05, 3.63) is 39.4 Å². The van der Waals surface area contributed by atoms with Crippen LogP contribution in [0.2, 0.25) is 0 Å². The van der Waals surface area contributed by atoms with Gasteiger partial charge in [-0.15, -0.1) is 0 Å².